The first-order valence-corrected chi connectivity index (χ1v) is 12.2. The highest BCUT2D eigenvalue weighted by molar-refractivity contribution is 5.83. The molecule has 3 aromatic carbocycles. The van der Waals surface area contributed by atoms with Crippen LogP contribution in [0.4, 0.5) is 4.39 Å². The predicted molar refractivity (Wildman–Crippen MR) is 138 cm³/mol. The van der Waals surface area contributed by atoms with Crippen LogP contribution < -0.4 is 5.73 Å². The Morgan fingerprint density at radius 2 is 1.66 bits per heavy atom. The van der Waals surface area contributed by atoms with Crippen molar-refractivity contribution in [2.75, 3.05) is 0 Å². The van der Waals surface area contributed by atoms with Gasteiger partial charge >= 0.3 is 0 Å². The molecule has 0 bridgehead atoms. The van der Waals surface area contributed by atoms with Crippen LogP contribution in [0, 0.1) is 5.82 Å². The Morgan fingerprint density at radius 3 is 2.34 bits per heavy atom. The molecular formula is C30H27FN4. The zero-order chi connectivity index (χ0) is 24.0. The van der Waals surface area contributed by atoms with Crippen LogP contribution in [-0.4, -0.2) is 14.6 Å². The molecule has 0 unspecified atom stereocenters. The van der Waals surface area contributed by atoms with Crippen LogP contribution in [0.25, 0.3) is 39.3 Å². The van der Waals surface area contributed by atoms with Crippen LogP contribution in [0.2, 0.25) is 0 Å². The molecule has 2 aromatic heterocycles. The molecule has 2 N–H and O–H groups in total. The molecule has 0 amide bonds. The van der Waals surface area contributed by atoms with E-state index >= 15 is 0 Å². The van der Waals surface area contributed by atoms with Crippen molar-refractivity contribution in [3.63, 3.8) is 0 Å². The van der Waals surface area contributed by atoms with Crippen molar-refractivity contribution in [1.29, 1.82) is 0 Å². The molecule has 0 aliphatic heterocycles. The van der Waals surface area contributed by atoms with Crippen LogP contribution in [-0.2, 0) is 12.0 Å². The van der Waals surface area contributed by atoms with Crippen molar-refractivity contribution in [2.45, 2.75) is 38.1 Å². The third kappa shape index (κ3) is 3.72. The smallest absolute Gasteiger partial charge is 0.154 e. The van der Waals surface area contributed by atoms with E-state index in [2.05, 4.69) is 47.4 Å². The molecule has 2 heterocycles. The lowest BCUT2D eigenvalue weighted by Crippen LogP contribution is -2.43. The summed E-state index contributed by atoms with van der Waals surface area (Å²) in [4.78, 5) is 4.65. The molecule has 35 heavy (non-hydrogen) atoms. The maximum atomic E-state index is 14.2. The standard InChI is InChI=1S/C30H27FN4/c1-2-20-17-23(11-14-26(20)31)27-19-33-28-18-25(21-7-4-3-5-8-21)29(34-35(27)28)22-9-12-24(13-10-22)30(32)15-6-16-30/h3-5,7-14,17-19H,2,6,15-16,32H2,1H3. The molecule has 1 fully saturated rings. The normalized spacial score (nSPS) is 14.7. The summed E-state index contributed by atoms with van der Waals surface area (Å²) in [6.45, 7) is 1.96. The maximum Gasteiger partial charge on any atom is 0.154 e. The van der Waals surface area contributed by atoms with Gasteiger partial charge in [0.25, 0.3) is 0 Å². The highest BCUT2D eigenvalue weighted by Gasteiger charge is 2.34. The molecule has 174 valence electrons. The predicted octanol–water partition coefficient (Wildman–Crippen LogP) is 6.77. The number of rotatable bonds is 5. The molecular weight excluding hydrogens is 435 g/mol. The van der Waals surface area contributed by atoms with Crippen molar-refractivity contribution in [1.82, 2.24) is 14.6 Å². The molecule has 0 saturated heterocycles. The van der Waals surface area contributed by atoms with E-state index in [-0.39, 0.29) is 11.4 Å². The number of aryl methyl sites for hydroxylation is 1. The number of fused-ring (bicyclic) bond motifs is 1. The average Bonchev–Trinajstić information content (AvgIpc) is 3.30. The third-order valence-corrected chi connectivity index (χ3v) is 7.28. The van der Waals surface area contributed by atoms with Crippen LogP contribution in [0.15, 0.2) is 85.1 Å². The van der Waals surface area contributed by atoms with Crippen molar-refractivity contribution < 1.29 is 4.39 Å². The Labute approximate surface area is 204 Å². The fourth-order valence-corrected chi connectivity index (χ4v) is 4.97. The van der Waals surface area contributed by atoms with E-state index in [0.29, 0.717) is 12.0 Å². The van der Waals surface area contributed by atoms with Gasteiger partial charge in [0.1, 0.15) is 5.82 Å². The minimum absolute atomic E-state index is 0.186. The van der Waals surface area contributed by atoms with Gasteiger partial charge in [-0.1, -0.05) is 61.5 Å². The van der Waals surface area contributed by atoms with Gasteiger partial charge in [-0.25, -0.2) is 13.9 Å². The molecule has 1 saturated carbocycles. The first kappa shape index (κ1) is 21.7. The van der Waals surface area contributed by atoms with Gasteiger partial charge in [0, 0.05) is 22.2 Å². The molecule has 1 aliphatic rings. The van der Waals surface area contributed by atoms with E-state index < -0.39 is 0 Å². The third-order valence-electron chi connectivity index (χ3n) is 7.28. The summed E-state index contributed by atoms with van der Waals surface area (Å²) >= 11 is 0. The number of nitrogens with zero attached hydrogens (tertiary/aromatic N) is 3. The van der Waals surface area contributed by atoms with Gasteiger partial charge in [-0.05, 0) is 66.6 Å². The van der Waals surface area contributed by atoms with Crippen LogP contribution in [0.3, 0.4) is 0 Å². The van der Waals surface area contributed by atoms with Gasteiger partial charge in [0.05, 0.1) is 17.6 Å². The Bertz CT molecular complexity index is 1520. The van der Waals surface area contributed by atoms with Gasteiger partial charge in [0.15, 0.2) is 5.65 Å². The second kappa shape index (κ2) is 8.43. The van der Waals surface area contributed by atoms with Crippen molar-refractivity contribution in [3.05, 3.63) is 102 Å². The van der Waals surface area contributed by atoms with Gasteiger partial charge in [-0.15, -0.1) is 0 Å². The maximum absolute atomic E-state index is 14.2. The summed E-state index contributed by atoms with van der Waals surface area (Å²) in [6.07, 6.45) is 5.68. The Hall–Kier alpha value is -3.83. The zero-order valence-corrected chi connectivity index (χ0v) is 19.7. The lowest BCUT2D eigenvalue weighted by Gasteiger charge is -2.38. The van der Waals surface area contributed by atoms with Gasteiger partial charge in [-0.3, -0.25) is 0 Å². The fourth-order valence-electron chi connectivity index (χ4n) is 4.97. The molecule has 5 heteroatoms. The van der Waals surface area contributed by atoms with Crippen LogP contribution >= 0.6 is 0 Å². The summed E-state index contributed by atoms with van der Waals surface area (Å²) in [5, 5.41) is 5.09. The van der Waals surface area contributed by atoms with E-state index in [1.807, 2.05) is 41.9 Å². The minimum atomic E-state index is -0.199. The number of hydrogen-bond donors (Lipinski definition) is 1. The lowest BCUT2D eigenvalue weighted by atomic mass is 9.72. The van der Waals surface area contributed by atoms with Gasteiger partial charge in [0.2, 0.25) is 0 Å². The largest absolute Gasteiger partial charge is 0.321 e. The van der Waals surface area contributed by atoms with Gasteiger partial charge in [-0.2, -0.15) is 5.10 Å². The Kier molecular flexibility index (Phi) is 5.23. The van der Waals surface area contributed by atoms with Crippen LogP contribution in [0.1, 0.15) is 37.3 Å². The zero-order valence-electron chi connectivity index (χ0n) is 19.7. The second-order valence-electron chi connectivity index (χ2n) is 9.43. The fraction of sp³-hybridized carbons (Fsp3) is 0.200. The molecule has 1 aliphatic carbocycles. The summed E-state index contributed by atoms with van der Waals surface area (Å²) in [5.41, 5.74) is 14.7. The van der Waals surface area contributed by atoms with Crippen molar-refractivity contribution in [2.24, 2.45) is 5.73 Å². The van der Waals surface area contributed by atoms with Crippen molar-refractivity contribution in [3.8, 4) is 33.6 Å². The van der Waals surface area contributed by atoms with E-state index in [1.54, 1.807) is 6.07 Å². The molecule has 5 aromatic rings. The number of benzene rings is 3. The molecule has 0 atom stereocenters. The van der Waals surface area contributed by atoms with Crippen LogP contribution in [0.5, 0.6) is 0 Å². The first-order valence-electron chi connectivity index (χ1n) is 12.2. The summed E-state index contributed by atoms with van der Waals surface area (Å²) in [5.74, 6) is -0.186. The molecule has 0 spiro atoms. The number of hydrogen-bond acceptors (Lipinski definition) is 3. The number of halogens is 1. The summed E-state index contributed by atoms with van der Waals surface area (Å²) in [7, 11) is 0. The highest BCUT2D eigenvalue weighted by Crippen LogP contribution is 2.40. The SMILES string of the molecule is CCc1cc(-c2cnc3cc(-c4ccccc4)c(-c4ccc(C5(N)CCC5)cc4)nn23)ccc1F. The number of imidazole rings is 1. The van der Waals surface area contributed by atoms with E-state index in [1.165, 1.54) is 18.1 Å². The quantitative estimate of drug-likeness (QED) is 0.314. The Balaban J connectivity index is 1.53. The molecule has 6 rings (SSSR count). The van der Waals surface area contributed by atoms with E-state index in [4.69, 9.17) is 10.8 Å². The lowest BCUT2D eigenvalue weighted by molar-refractivity contribution is 0.253. The minimum Gasteiger partial charge on any atom is -0.321 e. The average molecular weight is 463 g/mol. The Morgan fingerprint density at radius 1 is 0.914 bits per heavy atom. The monoisotopic (exact) mass is 462 g/mol. The molecule has 0 radical (unpaired) electrons. The van der Waals surface area contributed by atoms with Crippen molar-refractivity contribution >= 4 is 5.65 Å². The molecule has 4 nitrogen and oxygen atoms in total. The second-order valence-corrected chi connectivity index (χ2v) is 9.43. The van der Waals surface area contributed by atoms with Gasteiger partial charge < -0.3 is 5.73 Å². The number of nitrogens with two attached hydrogens (primary N) is 1. The van der Waals surface area contributed by atoms with E-state index in [0.717, 1.165) is 52.1 Å². The number of aromatic nitrogens is 3. The summed E-state index contributed by atoms with van der Waals surface area (Å²) in [6, 6.07) is 26.0. The summed E-state index contributed by atoms with van der Waals surface area (Å²) < 4.78 is 16.0. The first-order chi connectivity index (χ1) is 17.1. The topological polar surface area (TPSA) is 56.2 Å². The van der Waals surface area contributed by atoms with E-state index in [9.17, 15) is 4.39 Å². The highest BCUT2D eigenvalue weighted by atomic mass is 19.1.